The monoisotopic (exact) mass is 427 g/mol. The number of methoxy groups -OCH3 is 1. The average molecular weight is 428 g/mol. The van der Waals surface area contributed by atoms with E-state index < -0.39 is 0 Å². The average Bonchev–Trinajstić information content (AvgIpc) is 2.78. The van der Waals surface area contributed by atoms with E-state index in [4.69, 9.17) is 14.6 Å². The van der Waals surface area contributed by atoms with E-state index >= 15 is 0 Å². The molecule has 1 fully saturated rings. The Bertz CT molecular complexity index is 894. The van der Waals surface area contributed by atoms with Crippen molar-refractivity contribution in [3.05, 3.63) is 53.1 Å². The Kier molecular flexibility index (Phi) is 7.76. The molecule has 0 saturated carbocycles. The molecule has 1 atom stereocenters. The van der Waals surface area contributed by atoms with Gasteiger partial charge in [-0.05, 0) is 56.3 Å². The first-order chi connectivity index (χ1) is 14.9. The second kappa shape index (κ2) is 10.5. The number of carbonyl (C=O) groups excluding carboxylic acids is 1. The molecule has 1 amide bonds. The summed E-state index contributed by atoms with van der Waals surface area (Å²) in [6, 6.07) is 11.4. The van der Waals surface area contributed by atoms with E-state index in [1.54, 1.807) is 13.2 Å². The number of carbonyl (C=O) groups is 1. The first-order valence-electron chi connectivity index (χ1n) is 10.7. The normalized spacial score (nSPS) is 15.5. The molecule has 2 aromatic rings. The number of likely N-dealkylation sites (N-methyl/N-ethyl adjacent to an activating group) is 1. The highest BCUT2D eigenvalue weighted by molar-refractivity contribution is 5.96. The number of aliphatic hydroxyl groups is 1. The Labute approximate surface area is 184 Å². The van der Waals surface area contributed by atoms with Gasteiger partial charge in [0.05, 0.1) is 19.8 Å². The van der Waals surface area contributed by atoms with Crippen molar-refractivity contribution in [3.8, 4) is 11.5 Å². The summed E-state index contributed by atoms with van der Waals surface area (Å²) >= 11 is 0. The number of aryl methyl sites for hydroxylation is 1. The maximum absolute atomic E-state index is 13.1. The van der Waals surface area contributed by atoms with Crippen LogP contribution in [0.1, 0.15) is 34.5 Å². The van der Waals surface area contributed by atoms with Crippen molar-refractivity contribution in [2.24, 2.45) is 0 Å². The van der Waals surface area contributed by atoms with Crippen molar-refractivity contribution in [1.82, 2.24) is 10.2 Å². The first kappa shape index (κ1) is 22.9. The van der Waals surface area contributed by atoms with Crippen LogP contribution in [0.15, 0.2) is 36.4 Å². The maximum Gasteiger partial charge on any atom is 0.252 e. The molecule has 0 radical (unpaired) electrons. The number of amides is 1. The highest BCUT2D eigenvalue weighted by atomic mass is 16.5. The van der Waals surface area contributed by atoms with Crippen LogP contribution in [0.3, 0.4) is 0 Å². The van der Waals surface area contributed by atoms with Gasteiger partial charge in [0.25, 0.3) is 5.91 Å². The zero-order valence-electron chi connectivity index (χ0n) is 18.9. The fraction of sp³-hybridized carbons (Fsp3) is 0.458. The van der Waals surface area contributed by atoms with Gasteiger partial charge in [0.15, 0.2) is 11.5 Å². The Balaban J connectivity index is 1.72. The van der Waals surface area contributed by atoms with Gasteiger partial charge in [0.2, 0.25) is 0 Å². The van der Waals surface area contributed by atoms with Crippen molar-refractivity contribution >= 4 is 11.6 Å². The lowest BCUT2D eigenvalue weighted by molar-refractivity contribution is 0.0939. The quantitative estimate of drug-likeness (QED) is 0.675. The van der Waals surface area contributed by atoms with Crippen LogP contribution in [-0.4, -0.2) is 69.5 Å². The number of anilines is 1. The lowest BCUT2D eigenvalue weighted by Crippen LogP contribution is -2.44. The number of hydrogen-bond acceptors (Lipinski definition) is 6. The van der Waals surface area contributed by atoms with E-state index in [-0.39, 0.29) is 25.2 Å². The van der Waals surface area contributed by atoms with E-state index in [9.17, 15) is 4.79 Å². The first-order valence-corrected chi connectivity index (χ1v) is 10.7. The summed E-state index contributed by atoms with van der Waals surface area (Å²) in [7, 11) is 3.70. The lowest BCUT2D eigenvalue weighted by atomic mass is 10.0. The molecule has 0 bridgehead atoms. The molecule has 1 saturated heterocycles. The van der Waals surface area contributed by atoms with Crippen LogP contribution < -0.4 is 19.7 Å². The smallest absolute Gasteiger partial charge is 0.252 e. The fourth-order valence-corrected chi connectivity index (χ4v) is 3.70. The second-order valence-electron chi connectivity index (χ2n) is 7.97. The third-order valence-electron chi connectivity index (χ3n) is 5.72. The maximum atomic E-state index is 13.1. The molecule has 2 N–H and O–H groups in total. The summed E-state index contributed by atoms with van der Waals surface area (Å²) in [6.07, 6.45) is 0. The van der Waals surface area contributed by atoms with Crippen LogP contribution in [0.4, 0.5) is 5.69 Å². The lowest BCUT2D eigenvalue weighted by Gasteiger charge is -2.34. The summed E-state index contributed by atoms with van der Waals surface area (Å²) in [4.78, 5) is 17.7. The third-order valence-corrected chi connectivity index (χ3v) is 5.72. The molecule has 168 valence electrons. The fourth-order valence-electron chi connectivity index (χ4n) is 3.70. The van der Waals surface area contributed by atoms with Crippen molar-refractivity contribution < 1.29 is 19.4 Å². The van der Waals surface area contributed by atoms with E-state index in [1.165, 1.54) is 0 Å². The Hall–Kier alpha value is -2.77. The van der Waals surface area contributed by atoms with E-state index in [0.717, 1.165) is 43.0 Å². The zero-order chi connectivity index (χ0) is 22.4. The van der Waals surface area contributed by atoms with E-state index in [2.05, 4.69) is 28.2 Å². The molecule has 1 aliphatic rings. The number of benzene rings is 2. The Morgan fingerprint density at radius 2 is 1.87 bits per heavy atom. The van der Waals surface area contributed by atoms with Gasteiger partial charge in [-0.1, -0.05) is 12.1 Å². The van der Waals surface area contributed by atoms with Crippen LogP contribution >= 0.6 is 0 Å². The van der Waals surface area contributed by atoms with Gasteiger partial charge in [0, 0.05) is 37.4 Å². The molecule has 0 aromatic heterocycles. The van der Waals surface area contributed by atoms with Crippen molar-refractivity contribution in [2.45, 2.75) is 19.9 Å². The molecule has 1 unspecified atom stereocenters. The number of nitrogens with one attached hydrogen (secondary N) is 1. The topological polar surface area (TPSA) is 74.3 Å². The number of rotatable bonds is 8. The van der Waals surface area contributed by atoms with Gasteiger partial charge in [0.1, 0.15) is 6.61 Å². The minimum atomic E-state index is -0.208. The Morgan fingerprint density at radius 1 is 1.13 bits per heavy atom. The highest BCUT2D eigenvalue weighted by Gasteiger charge is 2.19. The predicted molar refractivity (Wildman–Crippen MR) is 122 cm³/mol. The standard InChI is InChI=1S/C24H33N3O4/c1-17-5-7-20(27-11-9-26(3)10-12-27)16-21(17)24(29)25-18(2)19-6-8-22(31-14-13-28)23(15-19)30-4/h5-8,15-16,18,28H,9-14H2,1-4H3,(H,25,29). The largest absolute Gasteiger partial charge is 0.493 e. The van der Waals surface area contributed by atoms with Gasteiger partial charge in [-0.15, -0.1) is 0 Å². The minimum absolute atomic E-state index is 0.0656. The van der Waals surface area contributed by atoms with Crippen LogP contribution in [0.5, 0.6) is 11.5 Å². The molecule has 1 heterocycles. The number of hydrogen-bond donors (Lipinski definition) is 2. The number of piperazine rings is 1. The van der Waals surface area contributed by atoms with Gasteiger partial charge in [-0.25, -0.2) is 0 Å². The molecule has 0 spiro atoms. The molecular weight excluding hydrogens is 394 g/mol. The van der Waals surface area contributed by atoms with Crippen LogP contribution in [0.25, 0.3) is 0 Å². The summed E-state index contributed by atoms with van der Waals surface area (Å²) in [5.74, 6) is 1.04. The SMILES string of the molecule is COc1cc(C(C)NC(=O)c2cc(N3CCN(C)CC3)ccc2C)ccc1OCCO. The van der Waals surface area contributed by atoms with Crippen LogP contribution in [0, 0.1) is 6.92 Å². The Morgan fingerprint density at radius 3 is 2.55 bits per heavy atom. The summed E-state index contributed by atoms with van der Waals surface area (Å²) in [5, 5.41) is 12.1. The molecule has 31 heavy (non-hydrogen) atoms. The van der Waals surface area contributed by atoms with Crippen molar-refractivity contribution in [1.29, 1.82) is 0 Å². The molecule has 0 aliphatic carbocycles. The number of nitrogens with zero attached hydrogens (tertiary/aromatic N) is 2. The molecule has 1 aliphatic heterocycles. The van der Waals surface area contributed by atoms with Crippen LogP contribution in [0.2, 0.25) is 0 Å². The number of ether oxygens (including phenoxy) is 2. The second-order valence-corrected chi connectivity index (χ2v) is 7.97. The number of aliphatic hydroxyl groups excluding tert-OH is 1. The zero-order valence-corrected chi connectivity index (χ0v) is 18.9. The van der Waals surface area contributed by atoms with Gasteiger partial charge in [-0.2, -0.15) is 0 Å². The van der Waals surface area contributed by atoms with Crippen molar-refractivity contribution in [2.75, 3.05) is 58.5 Å². The minimum Gasteiger partial charge on any atom is -0.493 e. The van der Waals surface area contributed by atoms with Crippen molar-refractivity contribution in [3.63, 3.8) is 0 Å². The molecule has 7 heteroatoms. The summed E-state index contributed by atoms with van der Waals surface area (Å²) in [5.41, 5.74) is 3.64. The predicted octanol–water partition coefficient (Wildman–Crippen LogP) is 2.62. The summed E-state index contributed by atoms with van der Waals surface area (Å²) < 4.78 is 10.9. The highest BCUT2D eigenvalue weighted by Crippen LogP contribution is 2.30. The molecule has 7 nitrogen and oxygen atoms in total. The van der Waals surface area contributed by atoms with Gasteiger partial charge in [-0.3, -0.25) is 4.79 Å². The third kappa shape index (κ3) is 5.68. The molecule has 2 aromatic carbocycles. The van der Waals surface area contributed by atoms with E-state index in [0.29, 0.717) is 17.1 Å². The van der Waals surface area contributed by atoms with Gasteiger partial charge >= 0.3 is 0 Å². The molecule has 3 rings (SSSR count). The van der Waals surface area contributed by atoms with Crippen LogP contribution in [-0.2, 0) is 0 Å². The van der Waals surface area contributed by atoms with Gasteiger partial charge < -0.3 is 29.7 Å². The summed E-state index contributed by atoms with van der Waals surface area (Å²) in [6.45, 7) is 8.00. The van der Waals surface area contributed by atoms with E-state index in [1.807, 2.05) is 38.1 Å². The molecular formula is C24H33N3O4.